The molecule has 15 heavy (non-hydrogen) atoms. The lowest BCUT2D eigenvalue weighted by Gasteiger charge is -2.39. The zero-order valence-corrected chi connectivity index (χ0v) is 10.6. The van der Waals surface area contributed by atoms with E-state index < -0.39 is 0 Å². The van der Waals surface area contributed by atoms with Crippen molar-refractivity contribution in [2.24, 2.45) is 17.1 Å². The summed E-state index contributed by atoms with van der Waals surface area (Å²) < 4.78 is 0. The molecule has 1 aliphatic heterocycles. The second-order valence-electron chi connectivity index (χ2n) is 6.61. The van der Waals surface area contributed by atoms with Gasteiger partial charge in [0.1, 0.15) is 0 Å². The Morgan fingerprint density at radius 3 is 2.47 bits per heavy atom. The van der Waals surface area contributed by atoms with Gasteiger partial charge >= 0.3 is 0 Å². The molecule has 2 rings (SSSR count). The monoisotopic (exact) mass is 210 g/mol. The van der Waals surface area contributed by atoms with E-state index in [1.807, 2.05) is 0 Å². The van der Waals surface area contributed by atoms with Crippen LogP contribution in [0.15, 0.2) is 0 Å². The topological polar surface area (TPSA) is 29.3 Å². The van der Waals surface area contributed by atoms with Crippen LogP contribution in [0, 0.1) is 11.3 Å². The van der Waals surface area contributed by atoms with Gasteiger partial charge in [-0.15, -0.1) is 0 Å². The van der Waals surface area contributed by atoms with Crippen molar-refractivity contribution in [3.63, 3.8) is 0 Å². The lowest BCUT2D eigenvalue weighted by molar-refractivity contribution is 0.113. The summed E-state index contributed by atoms with van der Waals surface area (Å²) in [7, 11) is 0. The molecule has 0 radical (unpaired) electrons. The zero-order valence-electron chi connectivity index (χ0n) is 10.6. The third-order valence-electron chi connectivity index (χ3n) is 4.55. The highest BCUT2D eigenvalue weighted by Gasteiger charge is 2.47. The van der Waals surface area contributed by atoms with Crippen molar-refractivity contribution < 1.29 is 0 Å². The van der Waals surface area contributed by atoms with Crippen molar-refractivity contribution in [2.45, 2.75) is 52.0 Å². The maximum absolute atomic E-state index is 6.07. The van der Waals surface area contributed by atoms with Crippen LogP contribution in [0.25, 0.3) is 0 Å². The summed E-state index contributed by atoms with van der Waals surface area (Å²) in [6.07, 6.45) is 5.31. The van der Waals surface area contributed by atoms with Crippen LogP contribution in [0.4, 0.5) is 0 Å². The molecule has 1 heterocycles. The maximum atomic E-state index is 6.07. The molecule has 0 amide bonds. The average Bonchev–Trinajstić information content (AvgIpc) is 2.71. The van der Waals surface area contributed by atoms with E-state index in [1.165, 1.54) is 38.8 Å². The predicted molar refractivity (Wildman–Crippen MR) is 64.8 cm³/mol. The van der Waals surface area contributed by atoms with E-state index in [-0.39, 0.29) is 0 Å². The second-order valence-corrected chi connectivity index (χ2v) is 6.61. The van der Waals surface area contributed by atoms with Crippen LogP contribution in [0.5, 0.6) is 0 Å². The van der Waals surface area contributed by atoms with E-state index in [9.17, 15) is 0 Å². The van der Waals surface area contributed by atoms with Gasteiger partial charge in [-0.2, -0.15) is 0 Å². The Kier molecular flexibility index (Phi) is 2.85. The summed E-state index contributed by atoms with van der Waals surface area (Å²) in [4.78, 5) is 2.69. The Morgan fingerprint density at radius 1 is 1.33 bits per heavy atom. The summed E-state index contributed by atoms with van der Waals surface area (Å²) >= 11 is 0. The number of nitrogens with zero attached hydrogens (tertiary/aromatic N) is 1. The summed E-state index contributed by atoms with van der Waals surface area (Å²) in [6.45, 7) is 10.5. The fourth-order valence-corrected chi connectivity index (χ4v) is 3.58. The van der Waals surface area contributed by atoms with Gasteiger partial charge in [-0.05, 0) is 43.6 Å². The van der Waals surface area contributed by atoms with Crippen molar-refractivity contribution in [2.75, 3.05) is 19.6 Å². The van der Waals surface area contributed by atoms with Crippen molar-refractivity contribution in [1.82, 2.24) is 4.90 Å². The Morgan fingerprint density at radius 2 is 2.07 bits per heavy atom. The minimum atomic E-state index is 0.342. The van der Waals surface area contributed by atoms with Gasteiger partial charge in [0, 0.05) is 18.6 Å². The Balaban J connectivity index is 2.10. The van der Waals surface area contributed by atoms with Crippen LogP contribution in [0.1, 0.15) is 46.5 Å². The standard InChI is InChI=1S/C13H26N2/c1-11-4-7-15(8-11)13(10-14)6-5-12(2,3)9-13/h11H,4-10,14H2,1-3H3. The first kappa shape index (κ1) is 11.4. The van der Waals surface area contributed by atoms with Crippen LogP contribution in [0.2, 0.25) is 0 Å². The Labute approximate surface area is 94.2 Å². The predicted octanol–water partition coefficient (Wildman–Crippen LogP) is 2.24. The van der Waals surface area contributed by atoms with Crippen molar-refractivity contribution in [1.29, 1.82) is 0 Å². The SMILES string of the molecule is CC1CCN(C2(CN)CCC(C)(C)C2)C1. The summed E-state index contributed by atoms with van der Waals surface area (Å²) in [6, 6.07) is 0. The largest absolute Gasteiger partial charge is 0.329 e. The molecule has 1 saturated heterocycles. The average molecular weight is 210 g/mol. The van der Waals surface area contributed by atoms with Crippen LogP contribution in [0.3, 0.4) is 0 Å². The molecule has 0 bridgehead atoms. The quantitative estimate of drug-likeness (QED) is 0.757. The van der Waals surface area contributed by atoms with Gasteiger partial charge in [-0.3, -0.25) is 4.90 Å². The third-order valence-corrected chi connectivity index (χ3v) is 4.55. The first-order chi connectivity index (χ1) is 6.97. The highest BCUT2D eigenvalue weighted by molar-refractivity contribution is 5.03. The summed E-state index contributed by atoms with van der Waals surface area (Å²) in [5, 5.41) is 0. The van der Waals surface area contributed by atoms with E-state index in [1.54, 1.807) is 0 Å². The lowest BCUT2D eigenvalue weighted by Crippen LogP contribution is -2.51. The van der Waals surface area contributed by atoms with Gasteiger partial charge < -0.3 is 5.73 Å². The third kappa shape index (κ3) is 2.07. The highest BCUT2D eigenvalue weighted by Crippen LogP contribution is 2.47. The molecule has 1 aliphatic carbocycles. The summed E-state index contributed by atoms with van der Waals surface area (Å²) in [5.41, 5.74) is 6.92. The fourth-order valence-electron chi connectivity index (χ4n) is 3.58. The molecule has 2 aliphatic rings. The van der Waals surface area contributed by atoms with E-state index in [0.717, 1.165) is 12.5 Å². The van der Waals surface area contributed by atoms with Gasteiger partial charge in [0.25, 0.3) is 0 Å². The first-order valence-corrected chi connectivity index (χ1v) is 6.43. The molecule has 88 valence electrons. The van der Waals surface area contributed by atoms with E-state index in [4.69, 9.17) is 5.73 Å². The van der Waals surface area contributed by atoms with Crippen LogP contribution >= 0.6 is 0 Å². The number of hydrogen-bond acceptors (Lipinski definition) is 2. The van der Waals surface area contributed by atoms with E-state index >= 15 is 0 Å². The molecule has 0 aromatic carbocycles. The molecular weight excluding hydrogens is 184 g/mol. The summed E-state index contributed by atoms with van der Waals surface area (Å²) in [5.74, 6) is 0.872. The Bertz CT molecular complexity index is 237. The first-order valence-electron chi connectivity index (χ1n) is 6.43. The molecule has 2 heteroatoms. The number of hydrogen-bond donors (Lipinski definition) is 1. The minimum Gasteiger partial charge on any atom is -0.329 e. The number of rotatable bonds is 2. The van der Waals surface area contributed by atoms with Gasteiger partial charge in [-0.25, -0.2) is 0 Å². The lowest BCUT2D eigenvalue weighted by atomic mass is 9.87. The zero-order chi connectivity index (χ0) is 11.1. The van der Waals surface area contributed by atoms with Crippen molar-refractivity contribution >= 4 is 0 Å². The molecular formula is C13H26N2. The second kappa shape index (κ2) is 3.74. The van der Waals surface area contributed by atoms with E-state index in [0.29, 0.717) is 11.0 Å². The minimum absolute atomic E-state index is 0.342. The highest BCUT2D eigenvalue weighted by atomic mass is 15.2. The van der Waals surface area contributed by atoms with Crippen LogP contribution in [-0.4, -0.2) is 30.1 Å². The van der Waals surface area contributed by atoms with Crippen molar-refractivity contribution in [3.05, 3.63) is 0 Å². The van der Waals surface area contributed by atoms with Crippen LogP contribution < -0.4 is 5.73 Å². The molecule has 2 atom stereocenters. The van der Waals surface area contributed by atoms with Gasteiger partial charge in [0.15, 0.2) is 0 Å². The normalized spacial score (nSPS) is 41.2. The van der Waals surface area contributed by atoms with Gasteiger partial charge in [0.05, 0.1) is 0 Å². The molecule has 0 aromatic rings. The smallest absolute Gasteiger partial charge is 0.0337 e. The van der Waals surface area contributed by atoms with Gasteiger partial charge in [0.2, 0.25) is 0 Å². The molecule has 1 saturated carbocycles. The fraction of sp³-hybridized carbons (Fsp3) is 1.00. The Hall–Kier alpha value is -0.0800. The molecule has 2 fully saturated rings. The van der Waals surface area contributed by atoms with Gasteiger partial charge in [-0.1, -0.05) is 20.8 Å². The number of likely N-dealkylation sites (tertiary alicyclic amines) is 1. The van der Waals surface area contributed by atoms with E-state index in [2.05, 4.69) is 25.7 Å². The molecule has 2 unspecified atom stereocenters. The maximum Gasteiger partial charge on any atom is 0.0337 e. The van der Waals surface area contributed by atoms with Crippen LogP contribution in [-0.2, 0) is 0 Å². The molecule has 2 N–H and O–H groups in total. The molecule has 0 spiro atoms. The molecule has 0 aromatic heterocycles. The molecule has 2 nitrogen and oxygen atoms in total. The number of nitrogens with two attached hydrogens (primary N) is 1. The van der Waals surface area contributed by atoms with Crippen molar-refractivity contribution in [3.8, 4) is 0 Å².